The summed E-state index contributed by atoms with van der Waals surface area (Å²) in [4.78, 5) is 14.1. The van der Waals surface area contributed by atoms with Crippen LogP contribution >= 0.6 is 11.6 Å². The number of benzene rings is 2. The minimum Gasteiger partial charge on any atom is -0.484 e. The fraction of sp³-hybridized carbons (Fsp3) is 0.381. The molecule has 1 amide bonds. The molecule has 0 bridgehead atoms. The second-order valence-corrected chi connectivity index (χ2v) is 7.41. The minimum absolute atomic E-state index is 0.0378. The number of ether oxygens (including phenoxy) is 1. The molecule has 0 radical (unpaired) electrons. The summed E-state index contributed by atoms with van der Waals surface area (Å²) in [5, 5.41) is 0.550. The Labute approximate surface area is 167 Å². The predicted octanol–water partition coefficient (Wildman–Crippen LogP) is 5.22. The van der Waals surface area contributed by atoms with E-state index in [9.17, 15) is 18.0 Å². The highest BCUT2D eigenvalue weighted by Gasteiger charge is 2.30. The number of hydrogen-bond acceptors (Lipinski definition) is 2. The summed E-state index contributed by atoms with van der Waals surface area (Å²) in [5.74, 6) is 0.834. The Morgan fingerprint density at radius 2 is 1.79 bits per heavy atom. The molecular formula is C21H21ClF3NO2. The standard InChI is InChI=1S/C21H21ClF3NO2/c22-18-2-1-3-19(13-18)28-14-20(27)26-10-8-16(9-11-26)12-15-4-6-17(7-5-15)21(23,24)25/h1-7,13,16H,8-12,14H2. The number of hydrogen-bond donors (Lipinski definition) is 0. The average Bonchev–Trinajstić information content (AvgIpc) is 2.66. The molecule has 150 valence electrons. The number of halogens is 4. The van der Waals surface area contributed by atoms with Crippen molar-refractivity contribution in [3.63, 3.8) is 0 Å². The van der Waals surface area contributed by atoms with Crippen LogP contribution in [0.1, 0.15) is 24.0 Å². The van der Waals surface area contributed by atoms with Crippen LogP contribution in [-0.2, 0) is 17.4 Å². The molecule has 1 aliphatic rings. The van der Waals surface area contributed by atoms with Gasteiger partial charge in [-0.15, -0.1) is 0 Å². The third kappa shape index (κ3) is 5.64. The highest BCUT2D eigenvalue weighted by molar-refractivity contribution is 6.30. The molecule has 3 nitrogen and oxygen atoms in total. The Morgan fingerprint density at radius 1 is 1.11 bits per heavy atom. The van der Waals surface area contributed by atoms with Gasteiger partial charge in [0.15, 0.2) is 6.61 Å². The number of piperidine rings is 1. The molecule has 0 aromatic heterocycles. The van der Waals surface area contributed by atoms with Gasteiger partial charge in [0.1, 0.15) is 5.75 Å². The SMILES string of the molecule is O=C(COc1cccc(Cl)c1)N1CCC(Cc2ccc(C(F)(F)F)cc2)CC1. The monoisotopic (exact) mass is 411 g/mol. The molecule has 2 aromatic rings. The zero-order valence-corrected chi connectivity index (χ0v) is 16.0. The Kier molecular flexibility index (Phi) is 6.50. The first-order valence-corrected chi connectivity index (χ1v) is 9.51. The van der Waals surface area contributed by atoms with Gasteiger partial charge in [-0.1, -0.05) is 29.8 Å². The van der Waals surface area contributed by atoms with Crippen LogP contribution in [0.2, 0.25) is 5.02 Å². The van der Waals surface area contributed by atoms with Gasteiger partial charge in [-0.25, -0.2) is 0 Å². The molecular weight excluding hydrogens is 391 g/mol. The van der Waals surface area contributed by atoms with Gasteiger partial charge in [-0.05, 0) is 61.1 Å². The van der Waals surface area contributed by atoms with Crippen molar-refractivity contribution in [3.8, 4) is 5.75 Å². The van der Waals surface area contributed by atoms with Crippen molar-refractivity contribution < 1.29 is 22.7 Å². The lowest BCUT2D eigenvalue weighted by Crippen LogP contribution is -2.41. The minimum atomic E-state index is -4.31. The molecule has 1 saturated heterocycles. The van der Waals surface area contributed by atoms with Gasteiger partial charge in [0.2, 0.25) is 0 Å². The number of carbonyl (C=O) groups is 1. The van der Waals surface area contributed by atoms with Gasteiger partial charge in [-0.3, -0.25) is 4.79 Å². The molecule has 0 atom stereocenters. The summed E-state index contributed by atoms with van der Waals surface area (Å²) < 4.78 is 43.4. The summed E-state index contributed by atoms with van der Waals surface area (Å²) in [6.07, 6.45) is -1.94. The fourth-order valence-corrected chi connectivity index (χ4v) is 3.52. The first kappa shape index (κ1) is 20.5. The van der Waals surface area contributed by atoms with Crippen molar-refractivity contribution in [1.82, 2.24) is 4.90 Å². The third-order valence-corrected chi connectivity index (χ3v) is 5.17. The topological polar surface area (TPSA) is 29.5 Å². The normalized spacial score (nSPS) is 15.5. The van der Waals surface area contributed by atoms with Crippen molar-refractivity contribution in [2.24, 2.45) is 5.92 Å². The first-order valence-electron chi connectivity index (χ1n) is 9.13. The Balaban J connectivity index is 1.44. The van der Waals surface area contributed by atoms with Gasteiger partial charge in [0, 0.05) is 18.1 Å². The molecule has 0 aliphatic carbocycles. The van der Waals surface area contributed by atoms with E-state index >= 15 is 0 Å². The maximum absolute atomic E-state index is 12.6. The van der Waals surface area contributed by atoms with Gasteiger partial charge in [0.05, 0.1) is 5.56 Å². The van der Waals surface area contributed by atoms with Crippen LogP contribution in [0.25, 0.3) is 0 Å². The van der Waals surface area contributed by atoms with E-state index in [0.717, 1.165) is 37.0 Å². The summed E-state index contributed by atoms with van der Waals surface area (Å²) >= 11 is 5.89. The summed E-state index contributed by atoms with van der Waals surface area (Å²) in [7, 11) is 0. The Hall–Kier alpha value is -2.21. The second-order valence-electron chi connectivity index (χ2n) is 6.97. The van der Waals surface area contributed by atoms with Crippen molar-refractivity contribution in [2.75, 3.05) is 19.7 Å². The number of rotatable bonds is 5. The van der Waals surface area contributed by atoms with Crippen molar-refractivity contribution in [1.29, 1.82) is 0 Å². The predicted molar refractivity (Wildman–Crippen MR) is 101 cm³/mol. The number of carbonyl (C=O) groups excluding carboxylic acids is 1. The van der Waals surface area contributed by atoms with Crippen LogP contribution < -0.4 is 4.74 Å². The second kappa shape index (κ2) is 8.86. The molecule has 0 unspecified atom stereocenters. The molecule has 3 rings (SSSR count). The molecule has 1 aliphatic heterocycles. The van der Waals surface area contributed by atoms with Crippen molar-refractivity contribution >= 4 is 17.5 Å². The maximum atomic E-state index is 12.6. The lowest BCUT2D eigenvalue weighted by Gasteiger charge is -2.32. The average molecular weight is 412 g/mol. The zero-order valence-electron chi connectivity index (χ0n) is 15.2. The summed E-state index contributed by atoms with van der Waals surface area (Å²) in [5.41, 5.74) is 0.262. The molecule has 1 heterocycles. The third-order valence-electron chi connectivity index (χ3n) is 4.93. The highest BCUT2D eigenvalue weighted by Crippen LogP contribution is 2.30. The van der Waals surface area contributed by atoms with Gasteiger partial charge >= 0.3 is 6.18 Å². The molecule has 1 fully saturated rings. The van der Waals surface area contributed by atoms with Gasteiger partial charge < -0.3 is 9.64 Å². The quantitative estimate of drug-likeness (QED) is 0.675. The van der Waals surface area contributed by atoms with E-state index in [1.54, 1.807) is 41.3 Å². The van der Waals surface area contributed by atoms with Gasteiger partial charge in [0.25, 0.3) is 5.91 Å². The van der Waals surface area contributed by atoms with Crippen LogP contribution in [-0.4, -0.2) is 30.5 Å². The molecule has 0 N–H and O–H groups in total. The largest absolute Gasteiger partial charge is 0.484 e. The van der Waals surface area contributed by atoms with E-state index in [0.29, 0.717) is 29.8 Å². The zero-order chi connectivity index (χ0) is 20.1. The number of likely N-dealkylation sites (tertiary alicyclic amines) is 1. The van der Waals surface area contributed by atoms with E-state index in [4.69, 9.17) is 16.3 Å². The van der Waals surface area contributed by atoms with E-state index in [-0.39, 0.29) is 12.5 Å². The van der Waals surface area contributed by atoms with Crippen LogP contribution in [0.4, 0.5) is 13.2 Å². The van der Waals surface area contributed by atoms with E-state index in [1.807, 2.05) is 0 Å². The summed E-state index contributed by atoms with van der Waals surface area (Å²) in [6.45, 7) is 1.22. The van der Waals surface area contributed by atoms with Crippen molar-refractivity contribution in [3.05, 3.63) is 64.7 Å². The van der Waals surface area contributed by atoms with E-state index in [1.165, 1.54) is 0 Å². The molecule has 0 spiro atoms. The smallest absolute Gasteiger partial charge is 0.416 e. The Bertz CT molecular complexity index is 800. The van der Waals surface area contributed by atoms with E-state index in [2.05, 4.69) is 0 Å². The number of alkyl halides is 3. The highest BCUT2D eigenvalue weighted by atomic mass is 35.5. The molecule has 7 heteroatoms. The van der Waals surface area contributed by atoms with Crippen LogP contribution in [0.15, 0.2) is 48.5 Å². The number of nitrogens with zero attached hydrogens (tertiary/aromatic N) is 1. The molecule has 2 aromatic carbocycles. The lowest BCUT2D eigenvalue weighted by atomic mass is 9.90. The van der Waals surface area contributed by atoms with Crippen LogP contribution in [0.3, 0.4) is 0 Å². The first-order chi connectivity index (χ1) is 13.3. The molecule has 0 saturated carbocycles. The van der Waals surface area contributed by atoms with Crippen LogP contribution in [0, 0.1) is 5.92 Å². The summed E-state index contributed by atoms with van der Waals surface area (Å²) in [6, 6.07) is 12.2. The number of amides is 1. The Morgan fingerprint density at radius 3 is 2.39 bits per heavy atom. The fourth-order valence-electron chi connectivity index (χ4n) is 3.34. The van der Waals surface area contributed by atoms with Crippen LogP contribution in [0.5, 0.6) is 5.75 Å². The lowest BCUT2D eigenvalue weighted by molar-refractivity contribution is -0.137. The van der Waals surface area contributed by atoms with E-state index < -0.39 is 11.7 Å². The maximum Gasteiger partial charge on any atom is 0.416 e. The van der Waals surface area contributed by atoms with Crippen molar-refractivity contribution in [2.45, 2.75) is 25.4 Å². The van der Waals surface area contributed by atoms with Gasteiger partial charge in [-0.2, -0.15) is 13.2 Å². The molecule has 28 heavy (non-hydrogen) atoms.